The molecular weight excluding hydrogens is 302 g/mol. The van der Waals surface area contributed by atoms with Gasteiger partial charge in [-0.05, 0) is 13.0 Å². The zero-order valence-corrected chi connectivity index (χ0v) is 13.6. The van der Waals surface area contributed by atoms with Crippen LogP contribution in [-0.2, 0) is 6.54 Å². The summed E-state index contributed by atoms with van der Waals surface area (Å²) in [6, 6.07) is 11.9. The van der Waals surface area contributed by atoms with E-state index in [2.05, 4.69) is 28.6 Å². The molecule has 24 heavy (non-hydrogen) atoms. The summed E-state index contributed by atoms with van der Waals surface area (Å²) in [6.07, 6.45) is 4.95. The fraction of sp³-hybridized carbons (Fsp3) is 0.263. The van der Waals surface area contributed by atoms with Crippen LogP contribution in [0.4, 0.5) is 0 Å². The lowest BCUT2D eigenvalue weighted by molar-refractivity contribution is 0.0468. The molecule has 0 atom stereocenters. The van der Waals surface area contributed by atoms with Gasteiger partial charge in [-0.3, -0.25) is 4.79 Å². The Balaban J connectivity index is 1.45. The molecule has 0 bridgehead atoms. The zero-order chi connectivity index (χ0) is 16.5. The van der Waals surface area contributed by atoms with Crippen molar-refractivity contribution in [2.24, 2.45) is 5.92 Å². The van der Waals surface area contributed by atoms with E-state index in [-0.39, 0.29) is 5.91 Å². The SMILES string of the molecule is Cc1cnc(-c2ccccc2)n1CC1CN(C(=O)c2ccoc2)C1. The molecule has 4 rings (SSSR count). The number of carbonyl (C=O) groups is 1. The molecule has 0 spiro atoms. The second-order valence-electron chi connectivity index (χ2n) is 6.29. The molecule has 0 N–H and O–H groups in total. The van der Waals surface area contributed by atoms with E-state index >= 15 is 0 Å². The lowest BCUT2D eigenvalue weighted by Gasteiger charge is -2.39. The fourth-order valence-electron chi connectivity index (χ4n) is 3.19. The average Bonchev–Trinajstić information content (AvgIpc) is 3.21. The zero-order valence-electron chi connectivity index (χ0n) is 13.6. The van der Waals surface area contributed by atoms with E-state index < -0.39 is 0 Å². The van der Waals surface area contributed by atoms with Crippen molar-refractivity contribution in [1.82, 2.24) is 14.5 Å². The molecule has 0 unspecified atom stereocenters. The number of nitrogens with zero attached hydrogens (tertiary/aromatic N) is 3. The molecule has 1 aromatic carbocycles. The molecule has 5 heteroatoms. The second kappa shape index (κ2) is 6.00. The summed E-state index contributed by atoms with van der Waals surface area (Å²) >= 11 is 0. The number of aromatic nitrogens is 2. The number of benzene rings is 1. The topological polar surface area (TPSA) is 51.3 Å². The number of hydrogen-bond acceptors (Lipinski definition) is 3. The van der Waals surface area contributed by atoms with Crippen molar-refractivity contribution >= 4 is 5.91 Å². The number of hydrogen-bond donors (Lipinski definition) is 0. The lowest BCUT2D eigenvalue weighted by atomic mass is 9.98. The number of aryl methyl sites for hydroxylation is 1. The van der Waals surface area contributed by atoms with Gasteiger partial charge in [0.15, 0.2) is 0 Å². The monoisotopic (exact) mass is 321 g/mol. The van der Waals surface area contributed by atoms with Gasteiger partial charge in [-0.25, -0.2) is 4.98 Å². The highest BCUT2D eigenvalue weighted by Crippen LogP contribution is 2.25. The number of rotatable bonds is 4. The van der Waals surface area contributed by atoms with Crippen LogP contribution in [0.1, 0.15) is 16.1 Å². The van der Waals surface area contributed by atoms with Crippen molar-refractivity contribution in [3.05, 3.63) is 66.4 Å². The third-order valence-electron chi connectivity index (χ3n) is 4.54. The molecule has 122 valence electrons. The van der Waals surface area contributed by atoms with E-state index in [1.807, 2.05) is 29.3 Å². The molecule has 1 aliphatic heterocycles. The first kappa shape index (κ1) is 14.8. The molecule has 5 nitrogen and oxygen atoms in total. The van der Waals surface area contributed by atoms with Crippen LogP contribution in [0.5, 0.6) is 0 Å². The quantitative estimate of drug-likeness (QED) is 0.741. The van der Waals surface area contributed by atoms with Gasteiger partial charge < -0.3 is 13.9 Å². The molecular formula is C19H19N3O2. The summed E-state index contributed by atoms with van der Waals surface area (Å²) in [5.41, 5.74) is 2.89. The van der Waals surface area contributed by atoms with E-state index in [1.165, 1.54) is 12.5 Å². The van der Waals surface area contributed by atoms with Crippen LogP contribution in [0, 0.1) is 12.8 Å². The Hall–Kier alpha value is -2.82. The number of furan rings is 1. The molecule has 0 radical (unpaired) electrons. The third-order valence-corrected chi connectivity index (χ3v) is 4.54. The van der Waals surface area contributed by atoms with Gasteiger partial charge in [-0.15, -0.1) is 0 Å². The number of imidazole rings is 1. The normalized spacial score (nSPS) is 14.6. The van der Waals surface area contributed by atoms with E-state index in [1.54, 1.807) is 6.07 Å². The van der Waals surface area contributed by atoms with Gasteiger partial charge in [-0.1, -0.05) is 30.3 Å². The Morgan fingerprint density at radius 2 is 2.04 bits per heavy atom. The summed E-state index contributed by atoms with van der Waals surface area (Å²) in [5.74, 6) is 1.49. The van der Waals surface area contributed by atoms with E-state index in [9.17, 15) is 4.79 Å². The lowest BCUT2D eigenvalue weighted by Crippen LogP contribution is -2.51. The van der Waals surface area contributed by atoms with Crippen molar-refractivity contribution in [2.45, 2.75) is 13.5 Å². The summed E-state index contributed by atoms with van der Waals surface area (Å²) < 4.78 is 7.24. The summed E-state index contributed by atoms with van der Waals surface area (Å²) in [5, 5.41) is 0. The first-order chi connectivity index (χ1) is 11.7. The molecule has 3 aromatic rings. The van der Waals surface area contributed by atoms with Gasteiger partial charge in [0.2, 0.25) is 0 Å². The fourth-order valence-corrected chi connectivity index (χ4v) is 3.19. The van der Waals surface area contributed by atoms with Crippen LogP contribution in [-0.4, -0.2) is 33.4 Å². The number of amides is 1. The standard InChI is InChI=1S/C19H19N3O2/c1-14-9-20-18(16-5-3-2-4-6-16)22(14)12-15-10-21(11-15)19(23)17-7-8-24-13-17/h2-9,13,15H,10-12H2,1H3. The second-order valence-corrected chi connectivity index (χ2v) is 6.29. The smallest absolute Gasteiger partial charge is 0.257 e. The Kier molecular flexibility index (Phi) is 3.69. The molecule has 1 fully saturated rings. The van der Waals surface area contributed by atoms with E-state index in [0.29, 0.717) is 11.5 Å². The molecule has 1 amide bonds. The molecule has 3 heterocycles. The summed E-state index contributed by atoms with van der Waals surface area (Å²) in [4.78, 5) is 18.7. The Bertz CT molecular complexity index is 831. The van der Waals surface area contributed by atoms with Crippen LogP contribution >= 0.6 is 0 Å². The van der Waals surface area contributed by atoms with Crippen molar-refractivity contribution in [1.29, 1.82) is 0 Å². The van der Waals surface area contributed by atoms with Crippen LogP contribution in [0.25, 0.3) is 11.4 Å². The third kappa shape index (κ3) is 2.62. The predicted molar refractivity (Wildman–Crippen MR) is 90.5 cm³/mol. The summed E-state index contributed by atoms with van der Waals surface area (Å²) in [6.45, 7) is 4.50. The molecule has 2 aromatic heterocycles. The molecule has 1 aliphatic rings. The maximum Gasteiger partial charge on any atom is 0.257 e. The van der Waals surface area contributed by atoms with Gasteiger partial charge in [0, 0.05) is 43.0 Å². The molecule has 1 saturated heterocycles. The first-order valence-corrected chi connectivity index (χ1v) is 8.11. The highest BCUT2D eigenvalue weighted by molar-refractivity contribution is 5.94. The van der Waals surface area contributed by atoms with E-state index in [4.69, 9.17) is 4.42 Å². The molecule has 0 saturated carbocycles. The Labute approximate surface area is 140 Å². The minimum absolute atomic E-state index is 0.0469. The highest BCUT2D eigenvalue weighted by atomic mass is 16.3. The summed E-state index contributed by atoms with van der Waals surface area (Å²) in [7, 11) is 0. The maximum absolute atomic E-state index is 12.2. The van der Waals surface area contributed by atoms with Gasteiger partial charge in [0.25, 0.3) is 5.91 Å². The van der Waals surface area contributed by atoms with E-state index in [0.717, 1.165) is 36.7 Å². The average molecular weight is 321 g/mol. The molecule has 0 aliphatic carbocycles. The number of carbonyl (C=O) groups excluding carboxylic acids is 1. The van der Waals surface area contributed by atoms with Crippen LogP contribution in [0.2, 0.25) is 0 Å². The van der Waals surface area contributed by atoms with Crippen LogP contribution in [0.15, 0.2) is 59.5 Å². The van der Waals surface area contributed by atoms with Crippen molar-refractivity contribution in [2.75, 3.05) is 13.1 Å². The number of likely N-dealkylation sites (tertiary alicyclic amines) is 1. The van der Waals surface area contributed by atoms with Crippen LogP contribution < -0.4 is 0 Å². The van der Waals surface area contributed by atoms with Crippen molar-refractivity contribution in [3.63, 3.8) is 0 Å². The highest BCUT2D eigenvalue weighted by Gasteiger charge is 2.32. The van der Waals surface area contributed by atoms with Crippen molar-refractivity contribution < 1.29 is 9.21 Å². The first-order valence-electron chi connectivity index (χ1n) is 8.11. The van der Waals surface area contributed by atoms with Gasteiger partial charge in [0.05, 0.1) is 11.8 Å². The van der Waals surface area contributed by atoms with Crippen molar-refractivity contribution in [3.8, 4) is 11.4 Å². The van der Waals surface area contributed by atoms with Crippen LogP contribution in [0.3, 0.4) is 0 Å². The largest absolute Gasteiger partial charge is 0.472 e. The predicted octanol–water partition coefficient (Wildman–Crippen LogP) is 3.22. The van der Waals surface area contributed by atoms with Gasteiger partial charge >= 0.3 is 0 Å². The maximum atomic E-state index is 12.2. The minimum atomic E-state index is 0.0469. The Morgan fingerprint density at radius 3 is 2.75 bits per heavy atom. The Morgan fingerprint density at radius 1 is 1.25 bits per heavy atom. The van der Waals surface area contributed by atoms with Gasteiger partial charge in [-0.2, -0.15) is 0 Å². The minimum Gasteiger partial charge on any atom is -0.472 e. The van der Waals surface area contributed by atoms with Gasteiger partial charge in [0.1, 0.15) is 12.1 Å².